The first kappa shape index (κ1) is 26.6. The van der Waals surface area contributed by atoms with Gasteiger partial charge in [0.15, 0.2) is 5.78 Å². The van der Waals surface area contributed by atoms with E-state index in [1.165, 1.54) is 6.08 Å². The van der Waals surface area contributed by atoms with E-state index in [4.69, 9.17) is 9.47 Å². The Morgan fingerprint density at radius 2 is 1.53 bits per heavy atom. The van der Waals surface area contributed by atoms with Crippen LogP contribution in [0.2, 0.25) is 0 Å². The fourth-order valence-corrected chi connectivity index (χ4v) is 3.02. The lowest BCUT2D eigenvalue weighted by Crippen LogP contribution is -2.44. The van der Waals surface area contributed by atoms with Crippen molar-refractivity contribution in [2.24, 2.45) is 0 Å². The standard InChI is InChI=1S/C27H34N2O5/c1-27(2,3)34-26(32)29-23(19-21-13-7-4-8-14-21)24(30)17-11-6-12-18-28-25(31)33-20-22-15-9-5-10-16-22/h4-5,7-11,13-17,23H,6,12,18-20H2,1-3H3,(H,28,31)(H,29,32)/b17-11+/t23-/m0/s1. The molecule has 0 bridgehead atoms. The van der Waals surface area contributed by atoms with Crippen LogP contribution >= 0.6 is 0 Å². The Kier molecular flexibility index (Phi) is 10.8. The number of rotatable bonds is 11. The van der Waals surface area contributed by atoms with Gasteiger partial charge in [-0.25, -0.2) is 9.59 Å². The molecule has 34 heavy (non-hydrogen) atoms. The van der Waals surface area contributed by atoms with E-state index >= 15 is 0 Å². The van der Waals surface area contributed by atoms with Crippen molar-refractivity contribution in [1.82, 2.24) is 10.6 Å². The lowest BCUT2D eigenvalue weighted by Gasteiger charge is -2.22. The van der Waals surface area contributed by atoms with Crippen molar-refractivity contribution in [2.75, 3.05) is 6.54 Å². The van der Waals surface area contributed by atoms with E-state index in [9.17, 15) is 14.4 Å². The summed E-state index contributed by atoms with van der Waals surface area (Å²) in [7, 11) is 0. The van der Waals surface area contributed by atoms with Crippen molar-refractivity contribution >= 4 is 18.0 Å². The van der Waals surface area contributed by atoms with E-state index in [1.807, 2.05) is 60.7 Å². The second-order valence-electron chi connectivity index (χ2n) is 8.82. The molecule has 0 radical (unpaired) electrons. The molecule has 2 aromatic rings. The summed E-state index contributed by atoms with van der Waals surface area (Å²) >= 11 is 0. The molecule has 0 fully saturated rings. The molecular weight excluding hydrogens is 432 g/mol. The predicted octanol–water partition coefficient (Wildman–Crippen LogP) is 4.95. The van der Waals surface area contributed by atoms with Gasteiger partial charge in [0.2, 0.25) is 0 Å². The molecule has 0 aromatic heterocycles. The maximum Gasteiger partial charge on any atom is 0.408 e. The predicted molar refractivity (Wildman–Crippen MR) is 131 cm³/mol. The highest BCUT2D eigenvalue weighted by Gasteiger charge is 2.23. The summed E-state index contributed by atoms with van der Waals surface area (Å²) in [5, 5.41) is 5.37. The molecular formula is C27H34N2O5. The first-order chi connectivity index (χ1) is 16.2. The fourth-order valence-electron chi connectivity index (χ4n) is 3.02. The molecule has 1 atom stereocenters. The van der Waals surface area contributed by atoms with Crippen LogP contribution in [0.3, 0.4) is 0 Å². The largest absolute Gasteiger partial charge is 0.445 e. The number of nitrogens with one attached hydrogen (secondary N) is 2. The number of allylic oxidation sites excluding steroid dienone is 1. The quantitative estimate of drug-likeness (QED) is 0.361. The maximum atomic E-state index is 12.8. The van der Waals surface area contributed by atoms with E-state index in [1.54, 1.807) is 26.8 Å². The van der Waals surface area contributed by atoms with Crippen LogP contribution in [0.1, 0.15) is 44.7 Å². The van der Waals surface area contributed by atoms with E-state index in [2.05, 4.69) is 10.6 Å². The second-order valence-corrected chi connectivity index (χ2v) is 8.82. The smallest absolute Gasteiger partial charge is 0.408 e. The Morgan fingerprint density at radius 1 is 0.912 bits per heavy atom. The zero-order chi connectivity index (χ0) is 24.8. The Morgan fingerprint density at radius 3 is 2.15 bits per heavy atom. The van der Waals surface area contributed by atoms with Crippen LogP contribution in [0.5, 0.6) is 0 Å². The molecule has 2 rings (SSSR count). The van der Waals surface area contributed by atoms with Gasteiger partial charge in [-0.05, 0) is 50.8 Å². The van der Waals surface area contributed by atoms with Crippen molar-refractivity contribution < 1.29 is 23.9 Å². The molecule has 0 aliphatic rings. The van der Waals surface area contributed by atoms with Gasteiger partial charge in [0.25, 0.3) is 0 Å². The molecule has 182 valence electrons. The lowest BCUT2D eigenvalue weighted by molar-refractivity contribution is -0.116. The minimum absolute atomic E-state index is 0.217. The van der Waals surface area contributed by atoms with E-state index in [-0.39, 0.29) is 12.4 Å². The van der Waals surface area contributed by atoms with Gasteiger partial charge in [-0.1, -0.05) is 66.7 Å². The lowest BCUT2D eigenvalue weighted by atomic mass is 10.0. The highest BCUT2D eigenvalue weighted by molar-refractivity contribution is 5.96. The topological polar surface area (TPSA) is 93.7 Å². The number of amides is 2. The summed E-state index contributed by atoms with van der Waals surface area (Å²) in [5.41, 5.74) is 1.20. The van der Waals surface area contributed by atoms with Gasteiger partial charge in [0.1, 0.15) is 12.2 Å². The number of carbonyl (C=O) groups is 3. The first-order valence-electron chi connectivity index (χ1n) is 11.4. The molecule has 7 nitrogen and oxygen atoms in total. The summed E-state index contributed by atoms with van der Waals surface area (Å²) in [5.74, 6) is -0.218. The number of benzene rings is 2. The third kappa shape index (κ3) is 11.3. The normalized spacial score (nSPS) is 12.1. The molecule has 2 N–H and O–H groups in total. The third-order valence-electron chi connectivity index (χ3n) is 4.63. The van der Waals surface area contributed by atoms with E-state index < -0.39 is 23.8 Å². The van der Waals surface area contributed by atoms with Gasteiger partial charge in [-0.15, -0.1) is 0 Å². The molecule has 2 aromatic carbocycles. The minimum atomic E-state index is -0.736. The van der Waals surface area contributed by atoms with E-state index in [0.29, 0.717) is 25.8 Å². The Balaban J connectivity index is 1.77. The van der Waals surface area contributed by atoms with Crippen LogP contribution in [0.25, 0.3) is 0 Å². The van der Waals surface area contributed by atoms with Crippen LogP contribution in [0, 0.1) is 0 Å². The van der Waals surface area contributed by atoms with Gasteiger partial charge < -0.3 is 20.1 Å². The van der Waals surface area contributed by atoms with Crippen LogP contribution in [0.4, 0.5) is 9.59 Å². The molecule has 0 saturated carbocycles. The highest BCUT2D eigenvalue weighted by atomic mass is 16.6. The molecule has 0 spiro atoms. The number of unbranched alkanes of at least 4 members (excludes halogenated alkanes) is 1. The van der Waals surface area contributed by atoms with Crippen molar-refractivity contribution in [1.29, 1.82) is 0 Å². The zero-order valence-corrected chi connectivity index (χ0v) is 20.1. The number of ketones is 1. The molecule has 2 amide bonds. The molecule has 0 saturated heterocycles. The third-order valence-corrected chi connectivity index (χ3v) is 4.63. The van der Waals surface area contributed by atoms with Gasteiger partial charge in [-0.3, -0.25) is 4.79 Å². The molecule has 0 aliphatic carbocycles. The maximum absolute atomic E-state index is 12.8. The number of alkyl carbamates (subject to hydrolysis) is 2. The van der Waals surface area contributed by atoms with E-state index in [0.717, 1.165) is 11.1 Å². The van der Waals surface area contributed by atoms with Crippen LogP contribution in [0.15, 0.2) is 72.8 Å². The summed E-state index contributed by atoms with van der Waals surface area (Å²) in [4.78, 5) is 36.8. The number of carbonyl (C=O) groups excluding carboxylic acids is 3. The SMILES string of the molecule is CC(C)(C)OC(=O)N[C@@H](Cc1ccccc1)C(=O)/C=C/CCCNC(=O)OCc1ccccc1. The van der Waals surface area contributed by atoms with Crippen LogP contribution in [-0.2, 0) is 27.3 Å². The van der Waals surface area contributed by atoms with Crippen molar-refractivity contribution in [3.8, 4) is 0 Å². The Labute approximate surface area is 201 Å². The van der Waals surface area contributed by atoms with Crippen LogP contribution in [-0.4, -0.2) is 36.2 Å². The summed E-state index contributed by atoms with van der Waals surface area (Å²) in [6.45, 7) is 5.95. The summed E-state index contributed by atoms with van der Waals surface area (Å²) in [6.07, 6.45) is 3.70. The second kappa shape index (κ2) is 13.8. The average Bonchev–Trinajstić information content (AvgIpc) is 2.79. The molecule has 7 heteroatoms. The Hall–Kier alpha value is -3.61. The monoisotopic (exact) mass is 466 g/mol. The summed E-state index contributed by atoms with van der Waals surface area (Å²) < 4.78 is 10.5. The van der Waals surface area contributed by atoms with Gasteiger partial charge >= 0.3 is 12.2 Å². The molecule has 0 heterocycles. The Bertz CT molecular complexity index is 936. The minimum Gasteiger partial charge on any atom is -0.445 e. The number of hydrogen-bond donors (Lipinski definition) is 2. The highest BCUT2D eigenvalue weighted by Crippen LogP contribution is 2.09. The van der Waals surface area contributed by atoms with Crippen molar-refractivity contribution in [2.45, 2.75) is 58.3 Å². The van der Waals surface area contributed by atoms with Crippen molar-refractivity contribution in [3.05, 3.63) is 83.9 Å². The van der Waals surface area contributed by atoms with Gasteiger partial charge in [0, 0.05) is 13.0 Å². The van der Waals surface area contributed by atoms with Gasteiger partial charge in [0.05, 0.1) is 6.04 Å². The zero-order valence-electron chi connectivity index (χ0n) is 20.1. The average molecular weight is 467 g/mol. The van der Waals surface area contributed by atoms with Crippen LogP contribution < -0.4 is 10.6 Å². The first-order valence-corrected chi connectivity index (χ1v) is 11.4. The van der Waals surface area contributed by atoms with Crippen molar-refractivity contribution in [3.63, 3.8) is 0 Å². The molecule has 0 aliphatic heterocycles. The fraction of sp³-hybridized carbons (Fsp3) is 0.370. The van der Waals surface area contributed by atoms with Gasteiger partial charge in [-0.2, -0.15) is 0 Å². The number of ether oxygens (including phenoxy) is 2. The number of hydrogen-bond acceptors (Lipinski definition) is 5. The molecule has 0 unspecified atom stereocenters. The summed E-state index contributed by atoms with van der Waals surface area (Å²) in [6, 6.07) is 18.2.